The van der Waals surface area contributed by atoms with Crippen LogP contribution in [-0.2, 0) is 20.3 Å². The number of para-hydroxylation sites is 1. The Morgan fingerprint density at radius 3 is 1.39 bits per heavy atom. The topological polar surface area (TPSA) is 52.6 Å². The van der Waals surface area contributed by atoms with Gasteiger partial charge in [-0.3, -0.25) is 0 Å². The van der Waals surface area contributed by atoms with Gasteiger partial charge in [-0.25, -0.2) is 0 Å². The second kappa shape index (κ2) is 10.5. The van der Waals surface area contributed by atoms with Crippen LogP contribution in [0.2, 0.25) is 0 Å². The second-order valence-electron chi connectivity index (χ2n) is 9.04. The van der Waals surface area contributed by atoms with Gasteiger partial charge in [-0.2, -0.15) is 0 Å². The molecule has 0 aliphatic heterocycles. The van der Waals surface area contributed by atoms with Crippen molar-refractivity contribution in [2.75, 3.05) is 7.11 Å². The first-order chi connectivity index (χ1) is 18.5. The Labute approximate surface area is 224 Å². The first-order valence-corrected chi connectivity index (χ1v) is 16.1. The zero-order chi connectivity index (χ0) is 26.5. The van der Waals surface area contributed by atoms with E-state index in [1.54, 1.807) is 18.2 Å². The molecule has 0 spiro atoms. The van der Waals surface area contributed by atoms with E-state index in [1.807, 2.05) is 121 Å². The van der Waals surface area contributed by atoms with Gasteiger partial charge in [-0.15, -0.1) is 0 Å². The summed E-state index contributed by atoms with van der Waals surface area (Å²) in [5.74, 6) is 0.234. The van der Waals surface area contributed by atoms with Crippen molar-refractivity contribution >= 4 is 32.9 Å². The van der Waals surface area contributed by atoms with E-state index in [9.17, 15) is 8.42 Å². The summed E-state index contributed by atoms with van der Waals surface area (Å²) < 4.78 is 41.3. The summed E-state index contributed by atoms with van der Waals surface area (Å²) in [5, 5.41) is 2.45. The van der Waals surface area contributed by atoms with Crippen LogP contribution in [0, 0.1) is 0 Å². The zero-order valence-corrected chi connectivity index (χ0v) is 22.8. The first kappa shape index (κ1) is 25.9. The standard InChI is InChI=1S/C32H29O4PS/c1-35-31-24-14-15-25-32(31)38(33,34)36-37(28-18-8-3-9-19-28,29-20-10-4-11-21-29,30-22-12-5-13-23-30)26-27-16-6-2-7-17-27/h2-25H,26H2,1H3. The predicted molar refractivity (Wildman–Crippen MR) is 157 cm³/mol. The molecule has 0 unspecified atom stereocenters. The third kappa shape index (κ3) is 4.43. The molecule has 5 rings (SSSR count). The van der Waals surface area contributed by atoms with Crippen molar-refractivity contribution < 1.29 is 17.1 Å². The van der Waals surface area contributed by atoms with Gasteiger partial charge < -0.3 is 0 Å². The Hall–Kier alpha value is -3.76. The maximum absolute atomic E-state index is 14.5. The molecule has 4 nitrogen and oxygen atoms in total. The van der Waals surface area contributed by atoms with Gasteiger partial charge in [0.1, 0.15) is 0 Å². The number of rotatable bonds is 9. The summed E-state index contributed by atoms with van der Waals surface area (Å²) in [6, 6.07) is 45.9. The molecule has 38 heavy (non-hydrogen) atoms. The molecule has 0 heterocycles. The van der Waals surface area contributed by atoms with Crippen LogP contribution >= 0.6 is 6.83 Å². The van der Waals surface area contributed by atoms with Gasteiger partial charge in [0.15, 0.2) is 0 Å². The van der Waals surface area contributed by atoms with Crippen LogP contribution < -0.4 is 20.7 Å². The van der Waals surface area contributed by atoms with Crippen molar-refractivity contribution in [1.82, 2.24) is 0 Å². The van der Waals surface area contributed by atoms with E-state index in [0.717, 1.165) is 21.5 Å². The molecule has 5 aromatic carbocycles. The molecule has 0 aromatic heterocycles. The first-order valence-electron chi connectivity index (χ1n) is 12.3. The normalized spacial score (nSPS) is 12.8. The third-order valence-corrected chi connectivity index (χ3v) is 15.0. The van der Waals surface area contributed by atoms with Gasteiger partial charge >= 0.3 is 225 Å². The number of methoxy groups -OCH3 is 1. The fraction of sp³-hybridized carbons (Fsp3) is 0.0625. The molecule has 0 fully saturated rings. The van der Waals surface area contributed by atoms with E-state index in [1.165, 1.54) is 13.2 Å². The summed E-state index contributed by atoms with van der Waals surface area (Å²) in [4.78, 5) is -0.00708. The van der Waals surface area contributed by atoms with Crippen molar-refractivity contribution in [3.8, 4) is 5.75 Å². The van der Waals surface area contributed by atoms with Crippen LogP contribution in [-0.4, -0.2) is 15.5 Å². The average Bonchev–Trinajstić information content (AvgIpc) is 2.98. The molecule has 0 amide bonds. The fourth-order valence-electron chi connectivity index (χ4n) is 5.12. The van der Waals surface area contributed by atoms with Crippen molar-refractivity contribution in [3.63, 3.8) is 0 Å². The number of ether oxygens (including phenoxy) is 1. The Morgan fingerprint density at radius 2 is 0.947 bits per heavy atom. The molecule has 0 saturated carbocycles. The Balaban J connectivity index is 1.95. The molecule has 192 valence electrons. The van der Waals surface area contributed by atoms with E-state index < -0.39 is 16.9 Å². The van der Waals surface area contributed by atoms with Crippen LogP contribution in [0.5, 0.6) is 5.75 Å². The van der Waals surface area contributed by atoms with Crippen LogP contribution in [0.15, 0.2) is 150 Å². The monoisotopic (exact) mass is 540 g/mol. The van der Waals surface area contributed by atoms with E-state index in [-0.39, 0.29) is 10.6 Å². The van der Waals surface area contributed by atoms with Gasteiger partial charge in [0.2, 0.25) is 0 Å². The molecule has 0 atom stereocenters. The van der Waals surface area contributed by atoms with Crippen molar-refractivity contribution in [2.24, 2.45) is 0 Å². The van der Waals surface area contributed by atoms with E-state index in [0.29, 0.717) is 6.16 Å². The Bertz CT molecular complexity index is 1510. The van der Waals surface area contributed by atoms with Gasteiger partial charge in [0.25, 0.3) is 0 Å². The number of hydrogen-bond donors (Lipinski definition) is 0. The zero-order valence-electron chi connectivity index (χ0n) is 21.1. The molecule has 0 aliphatic carbocycles. The maximum atomic E-state index is 14.5. The molecule has 5 aromatic rings. The van der Waals surface area contributed by atoms with Crippen LogP contribution in [0.3, 0.4) is 0 Å². The SMILES string of the molecule is COc1ccccc1S(=O)(=O)OP(Cc1ccccc1)(c1ccccc1)(c1ccccc1)c1ccccc1. The quantitative estimate of drug-likeness (QED) is 0.214. The summed E-state index contributed by atoms with van der Waals surface area (Å²) in [6.07, 6.45) is 0.346. The molecular weight excluding hydrogens is 511 g/mol. The summed E-state index contributed by atoms with van der Waals surface area (Å²) >= 11 is 0. The van der Waals surface area contributed by atoms with Crippen molar-refractivity contribution in [3.05, 3.63) is 151 Å². The minimum atomic E-state index is -4.35. The molecule has 0 N–H and O–H groups in total. The fourth-order valence-corrected chi connectivity index (χ4v) is 13.8. The van der Waals surface area contributed by atoms with Crippen molar-refractivity contribution in [1.29, 1.82) is 0 Å². The minimum absolute atomic E-state index is 0.00708. The molecule has 0 bridgehead atoms. The second-order valence-corrected chi connectivity index (χ2v) is 15.3. The predicted octanol–water partition coefficient (Wildman–Crippen LogP) is 6.05. The number of hydrogen-bond acceptors (Lipinski definition) is 4. The van der Waals surface area contributed by atoms with E-state index in [4.69, 9.17) is 8.71 Å². The summed E-state index contributed by atoms with van der Waals surface area (Å²) in [5.41, 5.74) is 0.969. The molecule has 6 heteroatoms. The molecule has 0 saturated heterocycles. The molecule has 0 radical (unpaired) electrons. The summed E-state index contributed by atoms with van der Waals surface area (Å²) in [7, 11) is -2.89. The van der Waals surface area contributed by atoms with E-state index >= 15 is 0 Å². The number of benzene rings is 5. The molecular formula is C32H29O4PS. The van der Waals surface area contributed by atoms with Crippen LogP contribution in [0.4, 0.5) is 0 Å². The van der Waals surface area contributed by atoms with Gasteiger partial charge in [-0.05, 0) is 0 Å². The van der Waals surface area contributed by atoms with Gasteiger partial charge in [0.05, 0.1) is 0 Å². The van der Waals surface area contributed by atoms with E-state index in [2.05, 4.69) is 0 Å². The Kier molecular flexibility index (Phi) is 7.18. The van der Waals surface area contributed by atoms with Crippen LogP contribution in [0.25, 0.3) is 0 Å². The Morgan fingerprint density at radius 1 is 0.553 bits per heavy atom. The molecule has 0 aliphatic rings. The van der Waals surface area contributed by atoms with Gasteiger partial charge in [0, 0.05) is 0 Å². The van der Waals surface area contributed by atoms with Crippen molar-refractivity contribution in [2.45, 2.75) is 11.1 Å². The third-order valence-electron chi connectivity index (χ3n) is 6.84. The summed E-state index contributed by atoms with van der Waals surface area (Å²) in [6.45, 7) is -4.25. The van der Waals surface area contributed by atoms with Crippen LogP contribution in [0.1, 0.15) is 5.56 Å². The van der Waals surface area contributed by atoms with Gasteiger partial charge in [-0.1, -0.05) is 0 Å². The average molecular weight is 541 g/mol.